The predicted octanol–water partition coefficient (Wildman–Crippen LogP) is 6.81. The summed E-state index contributed by atoms with van der Waals surface area (Å²) in [5.41, 5.74) is -2.40. The van der Waals surface area contributed by atoms with Crippen LogP contribution in [0.2, 0.25) is 0 Å². The molecule has 3 aromatic rings. The SMILES string of the molecule is O=C(Nc1ccc(-c2ccc(N3CCCCCC3)nn2)cc1)c1cc(C(F)(F)F)cc(C(F)(F)F)c1. The van der Waals surface area contributed by atoms with E-state index in [4.69, 9.17) is 0 Å². The van der Waals surface area contributed by atoms with Gasteiger partial charge in [0.2, 0.25) is 0 Å². The molecule has 190 valence electrons. The number of nitrogens with one attached hydrogen (secondary N) is 1. The molecule has 4 rings (SSSR count). The molecular formula is C25H22F6N4O. The van der Waals surface area contributed by atoms with E-state index in [0.717, 1.165) is 31.7 Å². The highest BCUT2D eigenvalue weighted by Crippen LogP contribution is 2.36. The summed E-state index contributed by atoms with van der Waals surface area (Å²) in [5, 5.41) is 10.9. The first kappa shape index (κ1) is 25.5. The predicted molar refractivity (Wildman–Crippen MR) is 123 cm³/mol. The third-order valence-corrected chi connectivity index (χ3v) is 5.87. The van der Waals surface area contributed by atoms with Crippen molar-refractivity contribution in [2.24, 2.45) is 0 Å². The van der Waals surface area contributed by atoms with Crippen molar-refractivity contribution >= 4 is 17.4 Å². The third-order valence-electron chi connectivity index (χ3n) is 5.87. The number of carbonyl (C=O) groups excluding carboxylic acids is 1. The lowest BCUT2D eigenvalue weighted by Gasteiger charge is -2.20. The van der Waals surface area contributed by atoms with Gasteiger partial charge < -0.3 is 10.2 Å². The molecule has 1 aliphatic heterocycles. The molecule has 11 heteroatoms. The third kappa shape index (κ3) is 6.13. The number of nitrogens with zero attached hydrogens (tertiary/aromatic N) is 3. The van der Waals surface area contributed by atoms with Crippen molar-refractivity contribution < 1.29 is 31.1 Å². The summed E-state index contributed by atoms with van der Waals surface area (Å²) in [7, 11) is 0. The van der Waals surface area contributed by atoms with Gasteiger partial charge >= 0.3 is 12.4 Å². The van der Waals surface area contributed by atoms with E-state index in [2.05, 4.69) is 20.4 Å². The molecule has 36 heavy (non-hydrogen) atoms. The van der Waals surface area contributed by atoms with E-state index in [1.807, 2.05) is 12.1 Å². The number of alkyl halides is 6. The quantitative estimate of drug-likeness (QED) is 0.393. The number of hydrogen-bond acceptors (Lipinski definition) is 4. The Balaban J connectivity index is 1.48. The average molecular weight is 508 g/mol. The summed E-state index contributed by atoms with van der Waals surface area (Å²) in [6.07, 6.45) is -5.48. The van der Waals surface area contributed by atoms with Crippen LogP contribution in [0.25, 0.3) is 11.3 Å². The van der Waals surface area contributed by atoms with Crippen molar-refractivity contribution in [2.75, 3.05) is 23.3 Å². The van der Waals surface area contributed by atoms with E-state index in [9.17, 15) is 31.1 Å². The second-order valence-corrected chi connectivity index (χ2v) is 8.50. The summed E-state index contributed by atoms with van der Waals surface area (Å²) >= 11 is 0. The minimum Gasteiger partial charge on any atom is -0.355 e. The molecule has 0 spiro atoms. The smallest absolute Gasteiger partial charge is 0.355 e. The Hall–Kier alpha value is -3.63. The van der Waals surface area contributed by atoms with Gasteiger partial charge in [-0.3, -0.25) is 4.79 Å². The van der Waals surface area contributed by atoms with Crippen LogP contribution >= 0.6 is 0 Å². The topological polar surface area (TPSA) is 58.1 Å². The molecule has 0 bridgehead atoms. The van der Waals surface area contributed by atoms with Gasteiger partial charge in [0, 0.05) is 29.9 Å². The van der Waals surface area contributed by atoms with Gasteiger partial charge in [0.1, 0.15) is 0 Å². The molecule has 5 nitrogen and oxygen atoms in total. The number of carbonyl (C=O) groups is 1. The fourth-order valence-corrected chi connectivity index (χ4v) is 3.96. The van der Waals surface area contributed by atoms with Gasteiger partial charge in [-0.25, -0.2) is 0 Å². The van der Waals surface area contributed by atoms with Crippen molar-refractivity contribution in [3.63, 3.8) is 0 Å². The summed E-state index contributed by atoms with van der Waals surface area (Å²) in [6.45, 7) is 1.86. The van der Waals surface area contributed by atoms with Gasteiger partial charge in [0.05, 0.1) is 16.8 Å². The lowest BCUT2D eigenvalue weighted by atomic mass is 10.0. The highest BCUT2D eigenvalue weighted by Gasteiger charge is 2.37. The Kier molecular flexibility index (Phi) is 7.18. The zero-order valence-electron chi connectivity index (χ0n) is 19.0. The molecule has 1 amide bonds. The molecular weight excluding hydrogens is 486 g/mol. The van der Waals surface area contributed by atoms with Crippen LogP contribution in [0, 0.1) is 0 Å². The molecule has 0 unspecified atom stereocenters. The van der Waals surface area contributed by atoms with Crippen LogP contribution in [0.3, 0.4) is 0 Å². The molecule has 0 saturated carbocycles. The van der Waals surface area contributed by atoms with Gasteiger partial charge in [0.25, 0.3) is 5.91 Å². The van der Waals surface area contributed by atoms with Crippen molar-refractivity contribution in [2.45, 2.75) is 38.0 Å². The molecule has 1 aromatic heterocycles. The Morgan fingerprint density at radius 1 is 0.750 bits per heavy atom. The highest BCUT2D eigenvalue weighted by atomic mass is 19.4. The number of benzene rings is 2. The van der Waals surface area contributed by atoms with E-state index >= 15 is 0 Å². The number of amides is 1. The van der Waals surface area contributed by atoms with E-state index < -0.39 is 35.0 Å². The standard InChI is InChI=1S/C25H22F6N4O/c26-24(27,28)18-13-17(14-19(15-18)25(29,30)31)23(36)32-20-7-5-16(6-8-20)21-9-10-22(34-33-21)35-11-3-1-2-4-12-35/h5-10,13-15H,1-4,11-12H2,(H,32,36). The van der Waals surface area contributed by atoms with Crippen LogP contribution in [-0.2, 0) is 12.4 Å². The van der Waals surface area contributed by atoms with Crippen LogP contribution in [0.1, 0.15) is 47.2 Å². The largest absolute Gasteiger partial charge is 0.416 e. The Morgan fingerprint density at radius 2 is 1.33 bits per heavy atom. The van der Waals surface area contributed by atoms with Gasteiger partial charge in [-0.05, 0) is 55.3 Å². The second-order valence-electron chi connectivity index (χ2n) is 8.50. The van der Waals surface area contributed by atoms with Crippen molar-refractivity contribution in [1.82, 2.24) is 10.2 Å². The van der Waals surface area contributed by atoms with E-state index in [0.29, 0.717) is 23.4 Å². The first-order valence-electron chi connectivity index (χ1n) is 11.3. The normalized spacial score (nSPS) is 14.9. The number of rotatable bonds is 4. The number of aromatic nitrogens is 2. The van der Waals surface area contributed by atoms with Gasteiger partial charge in [0.15, 0.2) is 5.82 Å². The zero-order valence-corrected chi connectivity index (χ0v) is 19.0. The van der Waals surface area contributed by atoms with Gasteiger partial charge in [-0.15, -0.1) is 10.2 Å². The maximum Gasteiger partial charge on any atom is 0.416 e. The fourth-order valence-electron chi connectivity index (χ4n) is 3.96. The first-order valence-corrected chi connectivity index (χ1v) is 11.3. The molecule has 1 fully saturated rings. The molecule has 0 atom stereocenters. The van der Waals surface area contributed by atoms with Crippen molar-refractivity contribution in [3.05, 3.63) is 71.3 Å². The average Bonchev–Trinajstić information content (AvgIpc) is 3.13. The van der Waals surface area contributed by atoms with E-state index in [-0.39, 0.29) is 11.8 Å². The fraction of sp³-hybridized carbons (Fsp3) is 0.320. The van der Waals surface area contributed by atoms with Gasteiger partial charge in [-0.1, -0.05) is 25.0 Å². The Bertz CT molecular complexity index is 1170. The maximum atomic E-state index is 13.1. The van der Waals surface area contributed by atoms with E-state index in [1.54, 1.807) is 12.1 Å². The second kappa shape index (κ2) is 10.2. The molecule has 0 aliphatic carbocycles. The van der Waals surface area contributed by atoms with Crippen LogP contribution in [0.5, 0.6) is 0 Å². The lowest BCUT2D eigenvalue weighted by Crippen LogP contribution is -2.25. The molecule has 1 aliphatic rings. The maximum absolute atomic E-state index is 13.1. The molecule has 2 aromatic carbocycles. The summed E-state index contributed by atoms with van der Waals surface area (Å²) in [5.74, 6) is -0.301. The summed E-state index contributed by atoms with van der Waals surface area (Å²) in [6, 6.07) is 10.7. The zero-order chi connectivity index (χ0) is 25.9. The molecule has 1 saturated heterocycles. The van der Waals surface area contributed by atoms with Crippen LogP contribution < -0.4 is 10.2 Å². The Morgan fingerprint density at radius 3 is 1.83 bits per heavy atom. The number of anilines is 2. The van der Waals surface area contributed by atoms with Gasteiger partial charge in [-0.2, -0.15) is 26.3 Å². The summed E-state index contributed by atoms with van der Waals surface area (Å²) < 4.78 is 78.4. The Labute approximate surface area is 203 Å². The number of halogens is 6. The van der Waals surface area contributed by atoms with E-state index in [1.165, 1.54) is 25.0 Å². The minimum absolute atomic E-state index is 0.0231. The lowest BCUT2D eigenvalue weighted by molar-refractivity contribution is -0.143. The van der Waals surface area contributed by atoms with Crippen LogP contribution in [0.4, 0.5) is 37.8 Å². The first-order chi connectivity index (χ1) is 17.0. The van der Waals surface area contributed by atoms with Crippen LogP contribution in [0.15, 0.2) is 54.6 Å². The monoisotopic (exact) mass is 508 g/mol. The highest BCUT2D eigenvalue weighted by molar-refractivity contribution is 6.04. The van der Waals surface area contributed by atoms with Crippen molar-refractivity contribution in [3.8, 4) is 11.3 Å². The molecule has 0 radical (unpaired) electrons. The minimum atomic E-state index is -5.04. The van der Waals surface area contributed by atoms with Crippen LogP contribution in [-0.4, -0.2) is 29.2 Å². The van der Waals surface area contributed by atoms with Crippen molar-refractivity contribution in [1.29, 1.82) is 0 Å². The summed E-state index contributed by atoms with van der Waals surface area (Å²) in [4.78, 5) is 14.7. The molecule has 1 N–H and O–H groups in total. The number of hydrogen-bond donors (Lipinski definition) is 1. The molecule has 2 heterocycles.